The first kappa shape index (κ1) is 19.7. The summed E-state index contributed by atoms with van der Waals surface area (Å²) in [6, 6.07) is 0. The average Bonchev–Trinajstić information content (AvgIpc) is 3.15. The fourth-order valence-electron chi connectivity index (χ4n) is 4.24. The van der Waals surface area contributed by atoms with Crippen LogP contribution in [0.15, 0.2) is 0 Å². The normalized spacial score (nSPS) is 31.1. The molecule has 1 heterocycles. The SMILES string of the molecule is FC1(F)CCC2(CC1)OCCO2.O=C1CCC(=O)C12CCC(F)(F)CC2. The van der Waals surface area contributed by atoms with Crippen LogP contribution in [0, 0.1) is 5.41 Å². The Bertz CT molecular complexity index is 530. The minimum Gasteiger partial charge on any atom is -0.348 e. The quantitative estimate of drug-likeness (QED) is 0.470. The first-order chi connectivity index (χ1) is 12.1. The molecule has 0 unspecified atom stereocenters. The van der Waals surface area contributed by atoms with E-state index in [2.05, 4.69) is 0 Å². The molecule has 26 heavy (non-hydrogen) atoms. The maximum atomic E-state index is 12.9. The van der Waals surface area contributed by atoms with E-state index >= 15 is 0 Å². The summed E-state index contributed by atoms with van der Waals surface area (Å²) in [4.78, 5) is 23.0. The van der Waals surface area contributed by atoms with Gasteiger partial charge in [0.05, 0.1) is 18.6 Å². The molecule has 0 radical (unpaired) electrons. The predicted molar refractivity (Wildman–Crippen MR) is 83.1 cm³/mol. The Morgan fingerprint density at radius 3 is 1.42 bits per heavy atom. The van der Waals surface area contributed by atoms with Gasteiger partial charge in [0.1, 0.15) is 11.6 Å². The monoisotopic (exact) mass is 380 g/mol. The van der Waals surface area contributed by atoms with Crippen molar-refractivity contribution < 1.29 is 36.6 Å². The van der Waals surface area contributed by atoms with Crippen molar-refractivity contribution in [1.82, 2.24) is 0 Å². The lowest BCUT2D eigenvalue weighted by Gasteiger charge is -2.34. The minimum absolute atomic E-state index is 0.0532. The minimum atomic E-state index is -2.67. The van der Waals surface area contributed by atoms with E-state index in [4.69, 9.17) is 9.47 Å². The molecular formula is C18H24F4O4. The van der Waals surface area contributed by atoms with Gasteiger partial charge in [-0.15, -0.1) is 0 Å². The lowest BCUT2D eigenvalue weighted by atomic mass is 9.70. The molecule has 4 nitrogen and oxygen atoms in total. The van der Waals surface area contributed by atoms with Gasteiger partial charge in [0.25, 0.3) is 0 Å². The first-order valence-electron chi connectivity index (χ1n) is 9.19. The van der Waals surface area contributed by atoms with E-state index in [-0.39, 0.29) is 62.9 Å². The number of Topliss-reactive ketones (excluding diaryl/α,β-unsaturated/α-hetero) is 2. The van der Waals surface area contributed by atoms with Gasteiger partial charge in [-0.25, -0.2) is 17.6 Å². The maximum absolute atomic E-state index is 12.9. The number of ether oxygens (including phenoxy) is 2. The van der Waals surface area contributed by atoms with Gasteiger partial charge in [-0.3, -0.25) is 9.59 Å². The fraction of sp³-hybridized carbons (Fsp3) is 0.889. The zero-order valence-corrected chi connectivity index (χ0v) is 14.6. The van der Waals surface area contributed by atoms with Crippen molar-refractivity contribution in [2.45, 2.75) is 81.8 Å². The highest BCUT2D eigenvalue weighted by molar-refractivity contribution is 6.12. The molecule has 148 valence electrons. The van der Waals surface area contributed by atoms with Crippen LogP contribution in [0.3, 0.4) is 0 Å². The molecule has 3 saturated carbocycles. The second-order valence-electron chi connectivity index (χ2n) is 7.75. The van der Waals surface area contributed by atoms with Crippen molar-refractivity contribution in [3.05, 3.63) is 0 Å². The average molecular weight is 380 g/mol. The molecule has 4 rings (SSSR count). The number of alkyl halides is 4. The van der Waals surface area contributed by atoms with E-state index in [9.17, 15) is 27.2 Å². The molecule has 0 aromatic carbocycles. The molecule has 0 aromatic heterocycles. The molecule has 0 bridgehead atoms. The zero-order chi connectivity index (χ0) is 19.1. The third kappa shape index (κ3) is 3.96. The molecule has 4 aliphatic rings. The highest BCUT2D eigenvalue weighted by Gasteiger charge is 2.54. The van der Waals surface area contributed by atoms with E-state index in [0.29, 0.717) is 26.1 Å². The largest absolute Gasteiger partial charge is 0.348 e. The van der Waals surface area contributed by atoms with Crippen molar-refractivity contribution in [2.24, 2.45) is 5.41 Å². The molecule has 0 N–H and O–H groups in total. The zero-order valence-electron chi connectivity index (χ0n) is 14.6. The van der Waals surface area contributed by atoms with Crippen LogP contribution in [0.25, 0.3) is 0 Å². The molecule has 0 aromatic rings. The van der Waals surface area contributed by atoms with Gasteiger partial charge in [0.15, 0.2) is 5.79 Å². The van der Waals surface area contributed by atoms with Crippen molar-refractivity contribution in [1.29, 1.82) is 0 Å². The van der Waals surface area contributed by atoms with Gasteiger partial charge in [-0.2, -0.15) is 0 Å². The van der Waals surface area contributed by atoms with E-state index in [1.165, 1.54) is 0 Å². The summed E-state index contributed by atoms with van der Waals surface area (Å²) < 4.78 is 61.8. The van der Waals surface area contributed by atoms with Crippen LogP contribution in [0.1, 0.15) is 64.2 Å². The number of halogens is 4. The van der Waals surface area contributed by atoms with Crippen molar-refractivity contribution in [2.75, 3.05) is 13.2 Å². The first-order valence-corrected chi connectivity index (χ1v) is 9.19. The van der Waals surface area contributed by atoms with E-state index in [0.717, 1.165) is 0 Å². The predicted octanol–water partition coefficient (Wildman–Crippen LogP) is 4.05. The second-order valence-corrected chi connectivity index (χ2v) is 7.75. The van der Waals surface area contributed by atoms with Crippen molar-refractivity contribution in [3.8, 4) is 0 Å². The summed E-state index contributed by atoms with van der Waals surface area (Å²) >= 11 is 0. The maximum Gasteiger partial charge on any atom is 0.248 e. The Hall–Kier alpha value is -1.02. The van der Waals surface area contributed by atoms with Gasteiger partial charge in [0, 0.05) is 51.4 Å². The van der Waals surface area contributed by atoms with Crippen LogP contribution in [0.2, 0.25) is 0 Å². The van der Waals surface area contributed by atoms with Crippen LogP contribution in [0.5, 0.6) is 0 Å². The Kier molecular flexibility index (Phi) is 5.20. The summed E-state index contributed by atoms with van der Waals surface area (Å²) in [5.74, 6) is -6.05. The molecule has 0 amide bonds. The standard InChI is InChI=1S/C10H12F2O2.C8H12F2O2/c11-10(12)5-3-9(4-6-10)7(13)1-2-8(9)14;9-7(10)1-3-8(4-2-7)11-5-6-12-8/h1-6H2;1-6H2. The van der Waals surface area contributed by atoms with Gasteiger partial charge >= 0.3 is 0 Å². The smallest absolute Gasteiger partial charge is 0.248 e. The van der Waals surface area contributed by atoms with E-state index in [1.54, 1.807) is 0 Å². The molecule has 8 heteroatoms. The Balaban J connectivity index is 0.000000152. The molecule has 1 aliphatic heterocycles. The Morgan fingerprint density at radius 2 is 1.00 bits per heavy atom. The third-order valence-corrected chi connectivity index (χ3v) is 6.04. The van der Waals surface area contributed by atoms with Crippen LogP contribution >= 0.6 is 0 Å². The summed E-state index contributed by atoms with van der Waals surface area (Å²) in [6.45, 7) is 1.09. The lowest BCUT2D eigenvalue weighted by molar-refractivity contribution is -0.210. The molecule has 1 saturated heterocycles. The highest BCUT2D eigenvalue weighted by Crippen LogP contribution is 2.48. The number of hydrogen-bond donors (Lipinski definition) is 0. The van der Waals surface area contributed by atoms with E-state index in [1.807, 2.05) is 0 Å². The van der Waals surface area contributed by atoms with Crippen molar-refractivity contribution >= 4 is 11.6 Å². The van der Waals surface area contributed by atoms with Crippen LogP contribution < -0.4 is 0 Å². The number of ketones is 2. The van der Waals surface area contributed by atoms with Crippen LogP contribution in [-0.4, -0.2) is 42.4 Å². The van der Waals surface area contributed by atoms with Gasteiger partial charge in [-0.1, -0.05) is 0 Å². The number of rotatable bonds is 0. The summed E-state index contributed by atoms with van der Waals surface area (Å²) in [5.41, 5.74) is -1.01. The number of carbonyl (C=O) groups excluding carboxylic acids is 2. The molecule has 2 spiro atoms. The highest BCUT2D eigenvalue weighted by atomic mass is 19.3. The molecular weight excluding hydrogens is 356 g/mol. The lowest BCUT2D eigenvalue weighted by Crippen LogP contribution is -2.40. The van der Waals surface area contributed by atoms with Crippen LogP contribution in [0.4, 0.5) is 17.6 Å². The summed E-state index contributed by atoms with van der Waals surface area (Å²) in [7, 11) is 0. The summed E-state index contributed by atoms with van der Waals surface area (Å²) in [6.07, 6.45) is 0.444. The third-order valence-electron chi connectivity index (χ3n) is 6.04. The second kappa shape index (κ2) is 6.86. The molecule has 4 fully saturated rings. The Morgan fingerprint density at radius 1 is 0.615 bits per heavy atom. The van der Waals surface area contributed by atoms with Gasteiger partial charge in [-0.05, 0) is 12.8 Å². The van der Waals surface area contributed by atoms with Crippen molar-refractivity contribution in [3.63, 3.8) is 0 Å². The van der Waals surface area contributed by atoms with E-state index < -0.39 is 23.0 Å². The van der Waals surface area contributed by atoms with Crippen LogP contribution in [-0.2, 0) is 19.1 Å². The topological polar surface area (TPSA) is 52.6 Å². The number of carbonyl (C=O) groups is 2. The summed E-state index contributed by atoms with van der Waals surface area (Å²) in [5, 5.41) is 0. The Labute approximate surface area is 149 Å². The molecule has 3 aliphatic carbocycles. The number of hydrogen-bond acceptors (Lipinski definition) is 4. The molecule has 0 atom stereocenters. The van der Waals surface area contributed by atoms with Gasteiger partial charge in [0.2, 0.25) is 11.8 Å². The fourth-order valence-corrected chi connectivity index (χ4v) is 4.24. The van der Waals surface area contributed by atoms with Gasteiger partial charge < -0.3 is 9.47 Å².